The number of anilines is 1. The van der Waals surface area contributed by atoms with Gasteiger partial charge in [-0.2, -0.15) is 11.8 Å². The average molecular weight is 418 g/mol. The third-order valence-corrected chi connectivity index (χ3v) is 5.63. The molecule has 156 valence electrons. The lowest BCUT2D eigenvalue weighted by molar-refractivity contribution is -0.117. The Hall–Kier alpha value is -2.09. The molecule has 29 heavy (non-hydrogen) atoms. The van der Waals surface area contributed by atoms with E-state index in [1.807, 2.05) is 35.8 Å². The van der Waals surface area contributed by atoms with Crippen LogP contribution in [0.1, 0.15) is 5.56 Å². The number of benzene rings is 2. The van der Waals surface area contributed by atoms with Crippen molar-refractivity contribution in [1.82, 2.24) is 9.80 Å². The highest BCUT2D eigenvalue weighted by atomic mass is 32.2. The van der Waals surface area contributed by atoms with Gasteiger partial charge < -0.3 is 10.1 Å². The number of nitrogens with zero attached hydrogens (tertiary/aromatic N) is 2. The Kier molecular flexibility index (Phi) is 8.34. The van der Waals surface area contributed by atoms with Crippen LogP contribution in [0.3, 0.4) is 0 Å². The monoisotopic (exact) mass is 417 g/mol. The Morgan fingerprint density at radius 1 is 1.21 bits per heavy atom. The molecule has 0 saturated carbocycles. The summed E-state index contributed by atoms with van der Waals surface area (Å²) in [4.78, 5) is 16.7. The molecule has 0 unspecified atom stereocenters. The van der Waals surface area contributed by atoms with Crippen molar-refractivity contribution < 1.29 is 13.9 Å². The maximum Gasteiger partial charge on any atom is 0.238 e. The Balaban J connectivity index is 1.40. The van der Waals surface area contributed by atoms with Crippen molar-refractivity contribution in [1.29, 1.82) is 0 Å². The van der Waals surface area contributed by atoms with E-state index in [0.29, 0.717) is 18.9 Å². The maximum atomic E-state index is 12.9. The Morgan fingerprint density at radius 2 is 1.97 bits per heavy atom. The first-order valence-corrected chi connectivity index (χ1v) is 11.0. The maximum absolute atomic E-state index is 12.9. The predicted molar refractivity (Wildman–Crippen MR) is 117 cm³/mol. The topological polar surface area (TPSA) is 44.8 Å². The van der Waals surface area contributed by atoms with E-state index in [4.69, 9.17) is 4.74 Å². The minimum absolute atomic E-state index is 0.0548. The standard InChI is InChI=1S/C22H28FN3O2S/c1-25(9-12-28-21-7-5-19(23)6-8-21)17-22(27)24-20-4-2-3-18(15-20)16-26-10-13-29-14-11-26/h2-8,15H,9-14,16-17H2,1H3,(H,24,27). The molecule has 2 aromatic carbocycles. The van der Waals surface area contributed by atoms with Crippen molar-refractivity contribution in [2.24, 2.45) is 0 Å². The predicted octanol–water partition coefficient (Wildman–Crippen LogP) is 3.32. The number of rotatable bonds is 9. The largest absolute Gasteiger partial charge is 0.492 e. The van der Waals surface area contributed by atoms with E-state index in [9.17, 15) is 9.18 Å². The van der Waals surface area contributed by atoms with E-state index in [1.54, 1.807) is 12.1 Å². The molecule has 0 radical (unpaired) electrons. The van der Waals surface area contributed by atoms with E-state index in [-0.39, 0.29) is 18.3 Å². The van der Waals surface area contributed by atoms with Gasteiger partial charge in [-0.1, -0.05) is 12.1 Å². The van der Waals surface area contributed by atoms with E-state index in [1.165, 1.54) is 29.2 Å². The van der Waals surface area contributed by atoms with Gasteiger partial charge in [-0.25, -0.2) is 4.39 Å². The number of nitrogens with one attached hydrogen (secondary N) is 1. The lowest BCUT2D eigenvalue weighted by Crippen LogP contribution is -2.33. The lowest BCUT2D eigenvalue weighted by Gasteiger charge is -2.26. The summed E-state index contributed by atoms with van der Waals surface area (Å²) < 4.78 is 18.5. The molecular weight excluding hydrogens is 389 g/mol. The minimum Gasteiger partial charge on any atom is -0.492 e. The smallest absolute Gasteiger partial charge is 0.238 e. The Labute approximate surface area is 176 Å². The number of carbonyl (C=O) groups excluding carboxylic acids is 1. The summed E-state index contributed by atoms with van der Waals surface area (Å²) in [5.41, 5.74) is 2.05. The molecule has 3 rings (SSSR count). The molecule has 1 N–H and O–H groups in total. The molecule has 2 aromatic rings. The van der Waals surface area contributed by atoms with Crippen LogP contribution in [0.25, 0.3) is 0 Å². The van der Waals surface area contributed by atoms with Crippen LogP contribution >= 0.6 is 11.8 Å². The van der Waals surface area contributed by atoms with Crippen LogP contribution in [-0.2, 0) is 11.3 Å². The van der Waals surface area contributed by atoms with Crippen molar-refractivity contribution >= 4 is 23.4 Å². The van der Waals surface area contributed by atoms with Crippen LogP contribution in [0.5, 0.6) is 5.75 Å². The fourth-order valence-corrected chi connectivity index (χ4v) is 4.12. The Morgan fingerprint density at radius 3 is 2.72 bits per heavy atom. The quantitative estimate of drug-likeness (QED) is 0.678. The molecular formula is C22H28FN3O2S. The first kappa shape index (κ1) is 21.6. The van der Waals surface area contributed by atoms with Crippen molar-refractivity contribution in [2.45, 2.75) is 6.54 Å². The summed E-state index contributed by atoms with van der Waals surface area (Å²) in [6.07, 6.45) is 0. The van der Waals surface area contributed by atoms with E-state index >= 15 is 0 Å². The van der Waals surface area contributed by atoms with Gasteiger partial charge in [-0.15, -0.1) is 0 Å². The molecule has 1 fully saturated rings. The normalized spacial score (nSPS) is 14.7. The average Bonchev–Trinajstić information content (AvgIpc) is 2.70. The zero-order chi connectivity index (χ0) is 20.5. The molecule has 1 amide bonds. The molecule has 1 aliphatic heterocycles. The summed E-state index contributed by atoms with van der Waals surface area (Å²) in [6, 6.07) is 14.0. The minimum atomic E-state index is -0.287. The molecule has 1 saturated heterocycles. The number of carbonyl (C=O) groups is 1. The highest BCUT2D eigenvalue weighted by Gasteiger charge is 2.12. The second-order valence-corrected chi connectivity index (χ2v) is 8.40. The highest BCUT2D eigenvalue weighted by molar-refractivity contribution is 7.99. The highest BCUT2D eigenvalue weighted by Crippen LogP contribution is 2.16. The van der Waals surface area contributed by atoms with Gasteiger partial charge in [0.15, 0.2) is 0 Å². The van der Waals surface area contributed by atoms with Crippen molar-refractivity contribution in [3.63, 3.8) is 0 Å². The number of ether oxygens (including phenoxy) is 1. The van der Waals surface area contributed by atoms with E-state index in [0.717, 1.165) is 25.3 Å². The fraction of sp³-hybridized carbons (Fsp3) is 0.409. The first-order valence-electron chi connectivity index (χ1n) is 9.84. The zero-order valence-electron chi connectivity index (χ0n) is 16.8. The van der Waals surface area contributed by atoms with Crippen molar-refractivity contribution in [2.75, 3.05) is 56.7 Å². The third-order valence-electron chi connectivity index (χ3n) is 4.69. The van der Waals surface area contributed by atoms with Gasteiger partial charge in [0, 0.05) is 43.4 Å². The Bertz CT molecular complexity index is 782. The zero-order valence-corrected chi connectivity index (χ0v) is 17.6. The summed E-state index contributed by atoms with van der Waals surface area (Å²) in [5.74, 6) is 2.65. The molecule has 7 heteroatoms. The molecule has 0 aliphatic carbocycles. The van der Waals surface area contributed by atoms with Gasteiger partial charge in [-0.05, 0) is 49.0 Å². The third kappa shape index (κ3) is 7.68. The SMILES string of the molecule is CN(CCOc1ccc(F)cc1)CC(=O)Nc1cccc(CN2CCSCC2)c1. The van der Waals surface area contributed by atoms with Gasteiger partial charge in [0.05, 0.1) is 6.54 Å². The summed E-state index contributed by atoms with van der Waals surface area (Å²) in [7, 11) is 1.87. The van der Waals surface area contributed by atoms with Crippen LogP contribution < -0.4 is 10.1 Å². The van der Waals surface area contributed by atoms with Crippen molar-refractivity contribution in [3.8, 4) is 5.75 Å². The second-order valence-electron chi connectivity index (χ2n) is 7.18. The number of hydrogen-bond acceptors (Lipinski definition) is 5. The number of likely N-dealkylation sites (N-methyl/N-ethyl adjacent to an activating group) is 1. The van der Waals surface area contributed by atoms with E-state index in [2.05, 4.69) is 22.3 Å². The summed E-state index contributed by atoms with van der Waals surface area (Å²) in [6.45, 7) is 4.46. The molecule has 0 atom stereocenters. The molecule has 1 aliphatic rings. The van der Waals surface area contributed by atoms with Crippen molar-refractivity contribution in [3.05, 3.63) is 59.9 Å². The van der Waals surface area contributed by atoms with Gasteiger partial charge in [0.25, 0.3) is 0 Å². The molecule has 0 spiro atoms. The van der Waals surface area contributed by atoms with Crippen LogP contribution in [0.15, 0.2) is 48.5 Å². The molecule has 0 aromatic heterocycles. The van der Waals surface area contributed by atoms with Gasteiger partial charge in [0.2, 0.25) is 5.91 Å². The molecule has 1 heterocycles. The molecule has 0 bridgehead atoms. The molecule has 5 nitrogen and oxygen atoms in total. The number of amides is 1. The lowest BCUT2D eigenvalue weighted by atomic mass is 10.2. The van der Waals surface area contributed by atoms with Crippen LogP contribution in [0.4, 0.5) is 10.1 Å². The number of thioether (sulfide) groups is 1. The van der Waals surface area contributed by atoms with Crippen LogP contribution in [0, 0.1) is 5.82 Å². The van der Waals surface area contributed by atoms with Gasteiger partial charge in [-0.3, -0.25) is 14.6 Å². The second kappa shape index (κ2) is 11.2. The first-order chi connectivity index (χ1) is 14.1. The van der Waals surface area contributed by atoms with Crippen LogP contribution in [0.2, 0.25) is 0 Å². The number of halogens is 1. The van der Waals surface area contributed by atoms with Crippen LogP contribution in [-0.4, -0.2) is 67.0 Å². The van der Waals surface area contributed by atoms with E-state index < -0.39 is 0 Å². The van der Waals surface area contributed by atoms with Gasteiger partial charge in [0.1, 0.15) is 18.2 Å². The summed E-state index contributed by atoms with van der Waals surface area (Å²) >= 11 is 2.00. The summed E-state index contributed by atoms with van der Waals surface area (Å²) in [5, 5.41) is 2.98. The van der Waals surface area contributed by atoms with Gasteiger partial charge >= 0.3 is 0 Å². The number of hydrogen-bond donors (Lipinski definition) is 1. The fourth-order valence-electron chi connectivity index (χ4n) is 3.14.